The van der Waals surface area contributed by atoms with Crippen molar-refractivity contribution in [1.82, 2.24) is 9.78 Å². The fraction of sp³-hybridized carbons (Fsp3) is 0.105. The second-order valence-corrected chi connectivity index (χ2v) is 5.31. The van der Waals surface area contributed by atoms with E-state index in [0.29, 0.717) is 17.4 Å². The van der Waals surface area contributed by atoms with Crippen LogP contribution in [0.4, 0.5) is 5.69 Å². The highest BCUT2D eigenvalue weighted by Gasteiger charge is 2.16. The second kappa shape index (κ2) is 6.91. The first-order valence-electron chi connectivity index (χ1n) is 7.62. The number of hydrogen-bond acceptors (Lipinski definition) is 3. The summed E-state index contributed by atoms with van der Waals surface area (Å²) in [6.07, 6.45) is 2.93. The first-order valence-corrected chi connectivity index (χ1v) is 7.62. The fourth-order valence-electron chi connectivity index (χ4n) is 2.59. The normalized spacial score (nSPS) is 10.5. The van der Waals surface area contributed by atoms with Gasteiger partial charge in [-0.05, 0) is 24.3 Å². The van der Waals surface area contributed by atoms with Crippen molar-refractivity contribution in [2.45, 2.75) is 6.54 Å². The molecule has 5 heteroatoms. The Morgan fingerprint density at radius 3 is 2.58 bits per heavy atom. The molecule has 0 N–H and O–H groups in total. The van der Waals surface area contributed by atoms with E-state index in [9.17, 15) is 9.59 Å². The van der Waals surface area contributed by atoms with Crippen molar-refractivity contribution < 1.29 is 4.79 Å². The molecule has 0 saturated carbocycles. The van der Waals surface area contributed by atoms with Gasteiger partial charge in [0.05, 0.1) is 11.7 Å². The molecule has 0 fully saturated rings. The van der Waals surface area contributed by atoms with Crippen LogP contribution in [0.25, 0.3) is 10.9 Å². The Bertz CT molecular complexity index is 932. The van der Waals surface area contributed by atoms with Gasteiger partial charge in [0.2, 0.25) is 11.3 Å². The summed E-state index contributed by atoms with van der Waals surface area (Å²) in [6.45, 7) is 4.17. The van der Waals surface area contributed by atoms with Gasteiger partial charge in [-0.1, -0.05) is 36.4 Å². The third kappa shape index (κ3) is 3.10. The monoisotopic (exact) mass is 319 g/mol. The van der Waals surface area contributed by atoms with E-state index in [1.165, 1.54) is 6.20 Å². The maximum atomic E-state index is 12.8. The molecule has 3 rings (SSSR count). The van der Waals surface area contributed by atoms with E-state index >= 15 is 0 Å². The molecule has 0 unspecified atom stereocenters. The summed E-state index contributed by atoms with van der Waals surface area (Å²) >= 11 is 0. The van der Waals surface area contributed by atoms with Crippen molar-refractivity contribution in [3.8, 4) is 0 Å². The molecule has 1 heterocycles. The molecule has 1 aromatic heterocycles. The van der Waals surface area contributed by atoms with E-state index in [4.69, 9.17) is 0 Å². The van der Waals surface area contributed by atoms with Gasteiger partial charge in [-0.2, -0.15) is 5.10 Å². The second-order valence-electron chi connectivity index (χ2n) is 5.31. The van der Waals surface area contributed by atoms with Crippen LogP contribution in [0.5, 0.6) is 0 Å². The molecule has 2 aromatic carbocycles. The average molecular weight is 319 g/mol. The van der Waals surface area contributed by atoms with E-state index in [-0.39, 0.29) is 17.9 Å². The van der Waals surface area contributed by atoms with Crippen LogP contribution in [0.15, 0.2) is 78.2 Å². The lowest BCUT2D eigenvalue weighted by molar-refractivity contribution is -0.119. The predicted molar refractivity (Wildman–Crippen MR) is 95.0 cm³/mol. The molecule has 0 radical (unpaired) electrons. The molecule has 24 heavy (non-hydrogen) atoms. The molecule has 0 atom stereocenters. The minimum atomic E-state index is -0.152. The molecule has 120 valence electrons. The molecule has 0 spiro atoms. The van der Waals surface area contributed by atoms with E-state index < -0.39 is 0 Å². The van der Waals surface area contributed by atoms with Gasteiger partial charge in [-0.15, -0.1) is 6.58 Å². The summed E-state index contributed by atoms with van der Waals surface area (Å²) < 4.78 is 1.55. The zero-order chi connectivity index (χ0) is 16.9. The molecule has 0 aliphatic carbocycles. The third-order valence-electron chi connectivity index (χ3n) is 3.73. The number of carbonyl (C=O) groups is 1. The Kier molecular flexibility index (Phi) is 4.52. The van der Waals surface area contributed by atoms with Crippen LogP contribution in [-0.2, 0) is 11.3 Å². The topological polar surface area (TPSA) is 55.2 Å². The zero-order valence-electron chi connectivity index (χ0n) is 13.1. The Morgan fingerprint density at radius 2 is 1.83 bits per heavy atom. The van der Waals surface area contributed by atoms with E-state index in [0.717, 1.165) is 5.69 Å². The van der Waals surface area contributed by atoms with Gasteiger partial charge in [0.25, 0.3) is 0 Å². The van der Waals surface area contributed by atoms with Gasteiger partial charge < -0.3 is 4.90 Å². The SMILES string of the molecule is C=CCN(C(=O)Cn1ncc(=O)c2ccccc21)c1ccccc1. The van der Waals surface area contributed by atoms with E-state index in [2.05, 4.69) is 11.7 Å². The third-order valence-corrected chi connectivity index (χ3v) is 3.73. The number of carbonyl (C=O) groups excluding carboxylic acids is 1. The van der Waals surface area contributed by atoms with Gasteiger partial charge >= 0.3 is 0 Å². The number of fused-ring (bicyclic) bond motifs is 1. The number of amides is 1. The molecular formula is C19H17N3O2. The van der Waals surface area contributed by atoms with Crippen molar-refractivity contribution in [3.05, 3.63) is 83.7 Å². The first kappa shape index (κ1) is 15.7. The van der Waals surface area contributed by atoms with Crippen molar-refractivity contribution in [1.29, 1.82) is 0 Å². The highest BCUT2D eigenvalue weighted by molar-refractivity contribution is 5.94. The van der Waals surface area contributed by atoms with Crippen LogP contribution < -0.4 is 10.3 Å². The Morgan fingerprint density at radius 1 is 1.12 bits per heavy atom. The van der Waals surface area contributed by atoms with Gasteiger partial charge in [-0.25, -0.2) is 0 Å². The van der Waals surface area contributed by atoms with Crippen LogP contribution in [0.2, 0.25) is 0 Å². The molecule has 5 nitrogen and oxygen atoms in total. The van der Waals surface area contributed by atoms with Crippen molar-refractivity contribution in [2.75, 3.05) is 11.4 Å². The molecule has 0 bridgehead atoms. The Balaban J connectivity index is 1.95. The summed E-state index contributed by atoms with van der Waals surface area (Å²) in [5, 5.41) is 4.66. The number of hydrogen-bond donors (Lipinski definition) is 0. The van der Waals surface area contributed by atoms with Crippen molar-refractivity contribution in [3.63, 3.8) is 0 Å². The Labute approximate surface area is 139 Å². The van der Waals surface area contributed by atoms with Crippen LogP contribution in [0, 0.1) is 0 Å². The maximum absolute atomic E-state index is 12.8. The molecule has 0 aliphatic rings. The molecular weight excluding hydrogens is 302 g/mol. The fourth-order valence-corrected chi connectivity index (χ4v) is 2.59. The lowest BCUT2D eigenvalue weighted by Gasteiger charge is -2.22. The predicted octanol–water partition coefficient (Wildman–Crippen LogP) is 2.62. The molecule has 1 amide bonds. The minimum absolute atomic E-state index is 0.0452. The standard InChI is InChI=1S/C19H17N3O2/c1-2-12-21(15-8-4-3-5-9-15)19(24)14-22-17-11-7-6-10-16(17)18(23)13-20-22/h2-11,13H,1,12,14H2. The van der Waals surface area contributed by atoms with E-state index in [1.54, 1.807) is 33.9 Å². The van der Waals surface area contributed by atoms with Crippen LogP contribution in [0.3, 0.4) is 0 Å². The van der Waals surface area contributed by atoms with Gasteiger partial charge in [-0.3, -0.25) is 14.3 Å². The summed E-state index contributed by atoms with van der Waals surface area (Å²) in [7, 11) is 0. The van der Waals surface area contributed by atoms with Crippen LogP contribution >= 0.6 is 0 Å². The average Bonchev–Trinajstić information content (AvgIpc) is 2.63. The van der Waals surface area contributed by atoms with Gasteiger partial charge in [0.1, 0.15) is 6.54 Å². The van der Waals surface area contributed by atoms with Crippen molar-refractivity contribution >= 4 is 22.5 Å². The van der Waals surface area contributed by atoms with Crippen LogP contribution in [-0.4, -0.2) is 22.2 Å². The summed E-state index contributed by atoms with van der Waals surface area (Å²) in [6, 6.07) is 16.5. The highest BCUT2D eigenvalue weighted by atomic mass is 16.2. The summed E-state index contributed by atoms with van der Waals surface area (Å²) in [5.41, 5.74) is 1.29. The molecule has 0 aliphatic heterocycles. The maximum Gasteiger partial charge on any atom is 0.249 e. The minimum Gasteiger partial charge on any atom is -0.307 e. The number of benzene rings is 2. The van der Waals surface area contributed by atoms with Gasteiger partial charge in [0, 0.05) is 17.6 Å². The lowest BCUT2D eigenvalue weighted by Crippen LogP contribution is -2.34. The quantitative estimate of drug-likeness (QED) is 0.679. The Hall–Kier alpha value is -3.21. The number of aromatic nitrogens is 2. The lowest BCUT2D eigenvalue weighted by atomic mass is 10.2. The number of para-hydroxylation sites is 2. The van der Waals surface area contributed by atoms with Crippen molar-refractivity contribution in [2.24, 2.45) is 0 Å². The smallest absolute Gasteiger partial charge is 0.249 e. The molecule has 3 aromatic rings. The van der Waals surface area contributed by atoms with Gasteiger partial charge in [0.15, 0.2) is 0 Å². The number of anilines is 1. The highest BCUT2D eigenvalue weighted by Crippen LogP contribution is 2.15. The number of rotatable bonds is 5. The van der Waals surface area contributed by atoms with Crippen LogP contribution in [0.1, 0.15) is 0 Å². The zero-order valence-corrected chi connectivity index (χ0v) is 13.1. The molecule has 0 saturated heterocycles. The largest absolute Gasteiger partial charge is 0.307 e. The summed E-state index contributed by atoms with van der Waals surface area (Å²) in [5.74, 6) is -0.123. The first-order chi connectivity index (χ1) is 11.7. The summed E-state index contributed by atoms with van der Waals surface area (Å²) in [4.78, 5) is 26.3. The number of nitrogens with zero attached hydrogens (tertiary/aromatic N) is 3. The van der Waals surface area contributed by atoms with E-state index in [1.807, 2.05) is 36.4 Å².